The molecule has 2 aromatic rings. The van der Waals surface area contributed by atoms with E-state index in [1.165, 1.54) is 28.8 Å². The van der Waals surface area contributed by atoms with Gasteiger partial charge in [0.25, 0.3) is 0 Å². The van der Waals surface area contributed by atoms with Crippen LogP contribution in [0.1, 0.15) is 43.7 Å². The van der Waals surface area contributed by atoms with Gasteiger partial charge in [-0.05, 0) is 35.1 Å². The summed E-state index contributed by atoms with van der Waals surface area (Å²) in [6.07, 6.45) is 11.3. The number of hydrogen-bond acceptors (Lipinski definition) is 1. The summed E-state index contributed by atoms with van der Waals surface area (Å²) in [6, 6.07) is 21.5. The number of rotatable bonds is 7. The van der Waals surface area contributed by atoms with Crippen molar-refractivity contribution in [3.8, 4) is 0 Å². The Morgan fingerprint density at radius 2 is 1.69 bits per heavy atom. The van der Waals surface area contributed by atoms with E-state index >= 15 is 0 Å². The molecule has 0 saturated heterocycles. The molecule has 1 aliphatic carbocycles. The van der Waals surface area contributed by atoms with Gasteiger partial charge in [0.1, 0.15) is 0 Å². The van der Waals surface area contributed by atoms with Crippen LogP contribution in [0.2, 0.25) is 0 Å². The molecule has 0 fully saturated rings. The lowest BCUT2D eigenvalue weighted by Gasteiger charge is -2.24. The summed E-state index contributed by atoms with van der Waals surface area (Å²) in [5.41, 5.74) is 5.37. The summed E-state index contributed by atoms with van der Waals surface area (Å²) in [6.45, 7) is 5.50. The highest BCUT2D eigenvalue weighted by atomic mass is 14.9. The van der Waals surface area contributed by atoms with Gasteiger partial charge in [0.2, 0.25) is 0 Å². The van der Waals surface area contributed by atoms with E-state index in [0.717, 1.165) is 13.0 Å². The van der Waals surface area contributed by atoms with Crippen LogP contribution < -0.4 is 5.32 Å². The standard InChI is InChI=1S/C25H29N/c1-3-20(2)24(22-14-8-5-9-15-22)18-23-16-10-11-17-25(23)26-19-21-12-6-4-7-13-21/h4-15,17-18,20,24,26H,3,16,19H2,1-2H3/b23-18+. The van der Waals surface area contributed by atoms with Crippen LogP contribution >= 0.6 is 0 Å². The Hall–Kier alpha value is -2.54. The summed E-state index contributed by atoms with van der Waals surface area (Å²) < 4.78 is 0. The lowest BCUT2D eigenvalue weighted by Crippen LogP contribution is -2.17. The van der Waals surface area contributed by atoms with Crippen molar-refractivity contribution in [2.24, 2.45) is 5.92 Å². The molecule has 3 rings (SSSR count). The minimum absolute atomic E-state index is 0.449. The van der Waals surface area contributed by atoms with Gasteiger partial charge in [-0.15, -0.1) is 0 Å². The molecular weight excluding hydrogens is 314 g/mol. The average Bonchev–Trinajstić information content (AvgIpc) is 2.72. The maximum Gasteiger partial charge on any atom is 0.0400 e. The Bertz CT molecular complexity index is 768. The van der Waals surface area contributed by atoms with Crippen molar-refractivity contribution >= 4 is 0 Å². The third kappa shape index (κ3) is 4.76. The van der Waals surface area contributed by atoms with E-state index in [9.17, 15) is 0 Å². The van der Waals surface area contributed by atoms with Crippen LogP contribution in [0.3, 0.4) is 0 Å². The summed E-state index contributed by atoms with van der Waals surface area (Å²) in [7, 11) is 0. The minimum atomic E-state index is 0.449. The van der Waals surface area contributed by atoms with Crippen LogP contribution in [0.5, 0.6) is 0 Å². The lowest BCUT2D eigenvalue weighted by atomic mass is 9.83. The maximum atomic E-state index is 3.64. The maximum absolute atomic E-state index is 3.64. The fourth-order valence-corrected chi connectivity index (χ4v) is 3.43. The monoisotopic (exact) mass is 343 g/mol. The van der Waals surface area contributed by atoms with Crippen LogP contribution in [-0.2, 0) is 6.54 Å². The van der Waals surface area contributed by atoms with E-state index in [1.54, 1.807) is 0 Å². The van der Waals surface area contributed by atoms with Gasteiger partial charge in [0.15, 0.2) is 0 Å². The highest BCUT2D eigenvalue weighted by Gasteiger charge is 2.18. The first kappa shape index (κ1) is 18.3. The lowest BCUT2D eigenvalue weighted by molar-refractivity contribution is 0.505. The third-order valence-corrected chi connectivity index (χ3v) is 5.23. The zero-order chi connectivity index (χ0) is 18.2. The van der Waals surface area contributed by atoms with Crippen LogP contribution in [0.15, 0.2) is 96.2 Å². The number of nitrogens with one attached hydrogen (secondary N) is 1. The molecule has 2 atom stereocenters. The highest BCUT2D eigenvalue weighted by Crippen LogP contribution is 2.32. The first-order chi connectivity index (χ1) is 12.8. The first-order valence-electron chi connectivity index (χ1n) is 9.68. The molecule has 0 heterocycles. The summed E-state index contributed by atoms with van der Waals surface area (Å²) in [4.78, 5) is 0. The predicted octanol–water partition coefficient (Wildman–Crippen LogP) is 6.38. The Morgan fingerprint density at radius 1 is 1.00 bits per heavy atom. The van der Waals surface area contributed by atoms with E-state index in [0.29, 0.717) is 11.8 Å². The minimum Gasteiger partial charge on any atom is -0.381 e. The highest BCUT2D eigenvalue weighted by molar-refractivity contribution is 5.41. The van der Waals surface area contributed by atoms with Crippen LogP contribution in [0.25, 0.3) is 0 Å². The second kappa shape index (κ2) is 9.24. The molecule has 0 aromatic heterocycles. The van der Waals surface area contributed by atoms with Crippen molar-refractivity contribution in [3.63, 3.8) is 0 Å². The molecular formula is C25H29N. The van der Waals surface area contributed by atoms with Crippen molar-refractivity contribution in [3.05, 3.63) is 107 Å². The van der Waals surface area contributed by atoms with Crippen LogP contribution in [-0.4, -0.2) is 0 Å². The van der Waals surface area contributed by atoms with E-state index in [2.05, 4.69) is 104 Å². The zero-order valence-electron chi connectivity index (χ0n) is 15.9. The van der Waals surface area contributed by atoms with Gasteiger partial charge in [-0.1, -0.05) is 99.2 Å². The molecule has 0 aliphatic heterocycles. The Kier molecular flexibility index (Phi) is 6.49. The summed E-state index contributed by atoms with van der Waals surface area (Å²) in [5, 5.41) is 3.64. The molecule has 1 nitrogen and oxygen atoms in total. The molecule has 134 valence electrons. The Morgan fingerprint density at radius 3 is 2.38 bits per heavy atom. The Labute approximate surface area is 158 Å². The smallest absolute Gasteiger partial charge is 0.0400 e. The van der Waals surface area contributed by atoms with Gasteiger partial charge in [0.05, 0.1) is 0 Å². The van der Waals surface area contributed by atoms with Crippen molar-refractivity contribution in [2.75, 3.05) is 0 Å². The van der Waals surface area contributed by atoms with E-state index < -0.39 is 0 Å². The molecule has 0 saturated carbocycles. The van der Waals surface area contributed by atoms with Gasteiger partial charge in [-0.2, -0.15) is 0 Å². The molecule has 0 amide bonds. The SMILES string of the molecule is CCC(C)C(/C=C1\CC=CC=C1NCc1ccccc1)c1ccccc1. The largest absolute Gasteiger partial charge is 0.381 e. The topological polar surface area (TPSA) is 12.0 Å². The summed E-state index contributed by atoms with van der Waals surface area (Å²) in [5.74, 6) is 1.07. The molecule has 2 aromatic carbocycles. The molecule has 1 aliphatic rings. The second-order valence-corrected chi connectivity index (χ2v) is 7.07. The third-order valence-electron chi connectivity index (χ3n) is 5.23. The summed E-state index contributed by atoms with van der Waals surface area (Å²) >= 11 is 0. The van der Waals surface area contributed by atoms with Crippen molar-refractivity contribution in [1.29, 1.82) is 0 Å². The molecule has 1 N–H and O–H groups in total. The average molecular weight is 344 g/mol. The van der Waals surface area contributed by atoms with Crippen LogP contribution in [0.4, 0.5) is 0 Å². The second-order valence-electron chi connectivity index (χ2n) is 7.07. The van der Waals surface area contributed by atoms with E-state index in [4.69, 9.17) is 0 Å². The van der Waals surface area contributed by atoms with E-state index in [-0.39, 0.29) is 0 Å². The predicted molar refractivity (Wildman–Crippen MR) is 112 cm³/mol. The number of hydrogen-bond donors (Lipinski definition) is 1. The molecule has 2 unspecified atom stereocenters. The quantitative estimate of drug-likeness (QED) is 0.615. The molecule has 0 spiro atoms. The van der Waals surface area contributed by atoms with Gasteiger partial charge in [-0.3, -0.25) is 0 Å². The first-order valence-corrected chi connectivity index (χ1v) is 9.68. The van der Waals surface area contributed by atoms with Crippen molar-refractivity contribution in [1.82, 2.24) is 5.32 Å². The number of allylic oxidation sites excluding steroid dienone is 5. The fraction of sp³-hybridized carbons (Fsp3) is 0.280. The van der Waals surface area contributed by atoms with Gasteiger partial charge >= 0.3 is 0 Å². The molecule has 1 heteroatoms. The van der Waals surface area contributed by atoms with Crippen LogP contribution in [0, 0.1) is 5.92 Å². The molecule has 0 bridgehead atoms. The van der Waals surface area contributed by atoms with Crippen molar-refractivity contribution < 1.29 is 0 Å². The molecule has 0 radical (unpaired) electrons. The van der Waals surface area contributed by atoms with Crippen molar-refractivity contribution in [2.45, 2.75) is 39.2 Å². The van der Waals surface area contributed by atoms with Gasteiger partial charge in [-0.25, -0.2) is 0 Å². The Balaban J connectivity index is 1.81. The van der Waals surface area contributed by atoms with Gasteiger partial charge < -0.3 is 5.32 Å². The molecule has 26 heavy (non-hydrogen) atoms. The van der Waals surface area contributed by atoms with E-state index in [1.807, 2.05) is 0 Å². The number of benzene rings is 2. The van der Waals surface area contributed by atoms with Gasteiger partial charge in [0, 0.05) is 18.2 Å². The fourth-order valence-electron chi connectivity index (χ4n) is 3.43. The zero-order valence-corrected chi connectivity index (χ0v) is 15.9. The normalized spacial score (nSPS) is 17.6.